The molecule has 0 amide bonds. The van der Waals surface area contributed by atoms with Crippen LogP contribution in [0.3, 0.4) is 0 Å². The van der Waals surface area contributed by atoms with Crippen LogP contribution in [-0.2, 0) is 0 Å². The van der Waals surface area contributed by atoms with Crippen LogP contribution < -0.4 is 10.1 Å². The van der Waals surface area contributed by atoms with E-state index in [1.165, 1.54) is 45.3 Å². The van der Waals surface area contributed by atoms with E-state index in [1.54, 1.807) is 0 Å². The first-order valence-electron chi connectivity index (χ1n) is 8.14. The summed E-state index contributed by atoms with van der Waals surface area (Å²) in [6.45, 7) is 5.42. The summed E-state index contributed by atoms with van der Waals surface area (Å²) in [5, 5.41) is 4.21. The van der Waals surface area contributed by atoms with Crippen LogP contribution in [0.25, 0.3) is 0 Å². The molecule has 0 atom stereocenters. The van der Waals surface area contributed by atoms with Gasteiger partial charge in [-0.25, -0.2) is 0 Å². The highest BCUT2D eigenvalue weighted by molar-refractivity contribution is 6.30. The third-order valence-corrected chi connectivity index (χ3v) is 4.73. The maximum absolute atomic E-state index is 5.89. The van der Waals surface area contributed by atoms with Gasteiger partial charge >= 0.3 is 0 Å². The first-order valence-corrected chi connectivity index (χ1v) is 8.52. The number of ether oxygens (including phenoxy) is 1. The molecule has 0 unspecified atom stereocenters. The molecule has 1 N–H and O–H groups in total. The molecule has 0 radical (unpaired) electrons. The minimum Gasteiger partial charge on any atom is -0.492 e. The zero-order valence-corrected chi connectivity index (χ0v) is 13.3. The van der Waals surface area contributed by atoms with Crippen molar-refractivity contribution in [3.05, 3.63) is 29.3 Å². The summed E-state index contributed by atoms with van der Waals surface area (Å²) < 4.78 is 5.85. The minimum absolute atomic E-state index is 0.757. The Morgan fingerprint density at radius 2 is 1.81 bits per heavy atom. The van der Waals surface area contributed by atoms with Crippen LogP contribution in [0.1, 0.15) is 25.7 Å². The zero-order valence-electron chi connectivity index (χ0n) is 12.6. The van der Waals surface area contributed by atoms with Crippen LogP contribution in [0.4, 0.5) is 0 Å². The highest BCUT2D eigenvalue weighted by Gasteiger charge is 2.30. The Morgan fingerprint density at radius 1 is 1.10 bits per heavy atom. The largest absolute Gasteiger partial charge is 0.492 e. The van der Waals surface area contributed by atoms with Crippen molar-refractivity contribution in [3.63, 3.8) is 0 Å². The fourth-order valence-corrected chi connectivity index (χ4v) is 3.20. The molecule has 0 spiro atoms. The molecule has 1 saturated carbocycles. The Balaban J connectivity index is 1.43. The van der Waals surface area contributed by atoms with E-state index in [1.807, 2.05) is 24.3 Å². The van der Waals surface area contributed by atoms with E-state index in [9.17, 15) is 0 Å². The van der Waals surface area contributed by atoms with Crippen molar-refractivity contribution in [1.29, 1.82) is 0 Å². The maximum atomic E-state index is 5.89. The second kappa shape index (κ2) is 7.48. The van der Waals surface area contributed by atoms with Crippen molar-refractivity contribution >= 4 is 11.6 Å². The van der Waals surface area contributed by atoms with Gasteiger partial charge in [0.15, 0.2) is 0 Å². The smallest absolute Gasteiger partial charge is 0.119 e. The lowest BCUT2D eigenvalue weighted by Crippen LogP contribution is -2.39. The van der Waals surface area contributed by atoms with Crippen molar-refractivity contribution in [2.24, 2.45) is 5.92 Å². The summed E-state index contributed by atoms with van der Waals surface area (Å²) in [6.07, 6.45) is 5.38. The average Bonchev–Trinajstić information content (AvgIpc) is 3.34. The second-order valence-electron chi connectivity index (χ2n) is 6.22. The molecule has 2 aliphatic rings. The van der Waals surface area contributed by atoms with Gasteiger partial charge < -0.3 is 10.1 Å². The number of benzene rings is 1. The Bertz CT molecular complexity index is 427. The van der Waals surface area contributed by atoms with Gasteiger partial charge in [-0.05, 0) is 69.0 Å². The molecule has 1 heterocycles. The van der Waals surface area contributed by atoms with Crippen LogP contribution in [0, 0.1) is 5.92 Å². The first kappa shape index (κ1) is 15.1. The van der Waals surface area contributed by atoms with Gasteiger partial charge in [-0.2, -0.15) is 0 Å². The lowest BCUT2D eigenvalue weighted by molar-refractivity contribution is 0.164. The highest BCUT2D eigenvalue weighted by atomic mass is 35.5. The molecule has 1 aromatic carbocycles. The summed E-state index contributed by atoms with van der Waals surface area (Å²) in [4.78, 5) is 2.64. The molecule has 116 valence electrons. The normalized spacial score (nSPS) is 19.9. The molecule has 1 aromatic rings. The van der Waals surface area contributed by atoms with Crippen LogP contribution in [0.5, 0.6) is 5.75 Å². The molecule has 3 rings (SSSR count). The summed E-state index contributed by atoms with van der Waals surface area (Å²) >= 11 is 5.89. The molecule has 21 heavy (non-hydrogen) atoms. The van der Waals surface area contributed by atoms with E-state index >= 15 is 0 Å². The van der Waals surface area contributed by atoms with Crippen LogP contribution in [0.15, 0.2) is 24.3 Å². The molecule has 1 aliphatic carbocycles. The summed E-state index contributed by atoms with van der Waals surface area (Å²) in [5.41, 5.74) is 0. The minimum atomic E-state index is 0.757. The van der Waals surface area contributed by atoms with Crippen molar-refractivity contribution < 1.29 is 4.74 Å². The van der Waals surface area contributed by atoms with Crippen molar-refractivity contribution in [1.82, 2.24) is 10.2 Å². The molecule has 3 nitrogen and oxygen atoms in total. The van der Waals surface area contributed by atoms with E-state index in [2.05, 4.69) is 10.2 Å². The standard InChI is InChI=1S/C17H25ClN2O/c18-15-1-5-17(6-2-15)21-12-11-20(16-3-4-16)13-14-7-9-19-10-8-14/h1-2,5-6,14,16,19H,3-4,7-13H2. The predicted octanol–water partition coefficient (Wildman–Crippen LogP) is 3.18. The van der Waals surface area contributed by atoms with Crippen LogP contribution in [-0.4, -0.2) is 43.7 Å². The summed E-state index contributed by atoms with van der Waals surface area (Å²) in [5.74, 6) is 1.78. The third kappa shape index (κ3) is 4.87. The predicted molar refractivity (Wildman–Crippen MR) is 87.1 cm³/mol. The summed E-state index contributed by atoms with van der Waals surface area (Å²) in [7, 11) is 0. The Morgan fingerprint density at radius 3 is 2.48 bits per heavy atom. The fraction of sp³-hybridized carbons (Fsp3) is 0.647. The van der Waals surface area contributed by atoms with Crippen molar-refractivity contribution in [3.8, 4) is 5.75 Å². The van der Waals surface area contributed by atoms with Gasteiger partial charge in [0.1, 0.15) is 12.4 Å². The topological polar surface area (TPSA) is 24.5 Å². The molecule has 1 saturated heterocycles. The average molecular weight is 309 g/mol. The maximum Gasteiger partial charge on any atom is 0.119 e. The molecule has 1 aliphatic heterocycles. The first-order chi connectivity index (χ1) is 10.3. The van der Waals surface area contributed by atoms with E-state index in [0.717, 1.165) is 35.9 Å². The van der Waals surface area contributed by atoms with Crippen molar-refractivity contribution in [2.45, 2.75) is 31.7 Å². The van der Waals surface area contributed by atoms with Gasteiger partial charge in [-0.1, -0.05) is 11.6 Å². The quantitative estimate of drug-likeness (QED) is 0.837. The lowest BCUT2D eigenvalue weighted by Gasteiger charge is -2.30. The second-order valence-corrected chi connectivity index (χ2v) is 6.66. The van der Waals surface area contributed by atoms with Gasteiger partial charge in [0.05, 0.1) is 0 Å². The van der Waals surface area contributed by atoms with E-state index < -0.39 is 0 Å². The Kier molecular flexibility index (Phi) is 5.39. The van der Waals surface area contributed by atoms with E-state index in [0.29, 0.717) is 0 Å². The molecule has 4 heteroatoms. The lowest BCUT2D eigenvalue weighted by atomic mass is 9.97. The Labute approximate surface area is 132 Å². The number of piperidine rings is 1. The highest BCUT2D eigenvalue weighted by Crippen LogP contribution is 2.28. The Hall–Kier alpha value is -0.770. The molecule has 2 fully saturated rings. The van der Waals surface area contributed by atoms with E-state index in [-0.39, 0.29) is 0 Å². The monoisotopic (exact) mass is 308 g/mol. The number of halogens is 1. The van der Waals surface area contributed by atoms with Crippen LogP contribution in [0.2, 0.25) is 5.02 Å². The van der Waals surface area contributed by atoms with Gasteiger partial charge in [-0.15, -0.1) is 0 Å². The number of hydrogen-bond acceptors (Lipinski definition) is 3. The molecular formula is C17H25ClN2O. The van der Waals surface area contributed by atoms with Gasteiger partial charge in [0.25, 0.3) is 0 Å². The number of rotatable bonds is 7. The van der Waals surface area contributed by atoms with Crippen molar-refractivity contribution in [2.75, 3.05) is 32.8 Å². The van der Waals surface area contributed by atoms with Gasteiger partial charge in [0.2, 0.25) is 0 Å². The fourth-order valence-electron chi connectivity index (χ4n) is 3.07. The SMILES string of the molecule is Clc1ccc(OCCN(CC2CCNCC2)C2CC2)cc1. The van der Waals surface area contributed by atoms with E-state index in [4.69, 9.17) is 16.3 Å². The summed E-state index contributed by atoms with van der Waals surface area (Å²) in [6, 6.07) is 8.45. The van der Waals surface area contributed by atoms with Gasteiger partial charge in [-0.3, -0.25) is 4.90 Å². The zero-order chi connectivity index (χ0) is 14.5. The molecular weight excluding hydrogens is 284 g/mol. The number of hydrogen-bond donors (Lipinski definition) is 1. The van der Waals surface area contributed by atoms with Crippen LogP contribution >= 0.6 is 11.6 Å². The molecule has 0 aromatic heterocycles. The third-order valence-electron chi connectivity index (χ3n) is 4.48. The van der Waals surface area contributed by atoms with Gasteiger partial charge in [0, 0.05) is 24.2 Å². The number of nitrogens with zero attached hydrogens (tertiary/aromatic N) is 1. The molecule has 0 bridgehead atoms. The number of nitrogens with one attached hydrogen (secondary N) is 1.